The van der Waals surface area contributed by atoms with Crippen molar-refractivity contribution in [3.05, 3.63) is 0 Å². The summed E-state index contributed by atoms with van der Waals surface area (Å²) < 4.78 is 0. The third-order valence-electron chi connectivity index (χ3n) is 3.79. The van der Waals surface area contributed by atoms with Gasteiger partial charge in [0, 0.05) is 19.6 Å². The van der Waals surface area contributed by atoms with Crippen molar-refractivity contribution in [3.63, 3.8) is 0 Å². The summed E-state index contributed by atoms with van der Waals surface area (Å²) in [6.07, 6.45) is 5.73. The summed E-state index contributed by atoms with van der Waals surface area (Å²) in [6.45, 7) is 8.91. The van der Waals surface area contributed by atoms with Crippen LogP contribution in [0.1, 0.15) is 32.6 Å². The highest BCUT2D eigenvalue weighted by molar-refractivity contribution is 4.80. The lowest BCUT2D eigenvalue weighted by Crippen LogP contribution is -2.49. The van der Waals surface area contributed by atoms with Crippen molar-refractivity contribution >= 4 is 0 Å². The van der Waals surface area contributed by atoms with Crippen LogP contribution in [0.25, 0.3) is 0 Å². The largest absolute Gasteiger partial charge is 0.316 e. The Morgan fingerprint density at radius 1 is 1.14 bits per heavy atom. The third-order valence-corrected chi connectivity index (χ3v) is 3.79. The van der Waals surface area contributed by atoms with Gasteiger partial charge in [0.15, 0.2) is 0 Å². The van der Waals surface area contributed by atoms with Gasteiger partial charge in [-0.1, -0.05) is 19.8 Å². The number of nitrogens with zero attached hydrogens (tertiary/aromatic N) is 1. The Balaban J connectivity index is 1.62. The highest BCUT2D eigenvalue weighted by Gasteiger charge is 2.23. The zero-order valence-electron chi connectivity index (χ0n) is 9.47. The molecule has 0 aromatic rings. The smallest absolute Gasteiger partial charge is 0.00340 e. The summed E-state index contributed by atoms with van der Waals surface area (Å²) >= 11 is 0. The number of piperidine rings is 1. The van der Waals surface area contributed by atoms with Crippen LogP contribution in [0.4, 0.5) is 0 Å². The normalized spacial score (nSPS) is 26.4. The molecular formula is C12H24N2. The Bertz CT molecular complexity index is 158. The van der Waals surface area contributed by atoms with E-state index >= 15 is 0 Å². The Hall–Kier alpha value is -0.0800. The number of rotatable bonds is 4. The first-order chi connectivity index (χ1) is 6.88. The molecule has 0 unspecified atom stereocenters. The van der Waals surface area contributed by atoms with Gasteiger partial charge >= 0.3 is 0 Å². The van der Waals surface area contributed by atoms with Gasteiger partial charge in [-0.3, -0.25) is 0 Å². The van der Waals surface area contributed by atoms with Crippen molar-refractivity contribution in [2.24, 2.45) is 11.8 Å². The fraction of sp³-hybridized carbons (Fsp3) is 1.00. The molecule has 0 radical (unpaired) electrons. The molecule has 0 amide bonds. The van der Waals surface area contributed by atoms with E-state index < -0.39 is 0 Å². The lowest BCUT2D eigenvalue weighted by Gasteiger charge is -2.37. The molecule has 14 heavy (non-hydrogen) atoms. The summed E-state index contributed by atoms with van der Waals surface area (Å²) in [5.41, 5.74) is 0. The molecule has 1 N–H and O–H groups in total. The molecule has 82 valence electrons. The molecule has 2 heterocycles. The zero-order chi connectivity index (χ0) is 9.80. The molecule has 2 rings (SSSR count). The van der Waals surface area contributed by atoms with Crippen molar-refractivity contribution in [2.75, 3.05) is 32.7 Å². The van der Waals surface area contributed by atoms with Crippen LogP contribution in [0.3, 0.4) is 0 Å². The van der Waals surface area contributed by atoms with Crippen LogP contribution in [0.15, 0.2) is 0 Å². The van der Waals surface area contributed by atoms with Gasteiger partial charge < -0.3 is 10.2 Å². The summed E-state index contributed by atoms with van der Waals surface area (Å²) in [5.74, 6) is 1.99. The van der Waals surface area contributed by atoms with Gasteiger partial charge in [0.2, 0.25) is 0 Å². The van der Waals surface area contributed by atoms with Gasteiger partial charge in [-0.25, -0.2) is 0 Å². The third kappa shape index (κ3) is 2.71. The number of hydrogen-bond donors (Lipinski definition) is 1. The molecule has 0 atom stereocenters. The van der Waals surface area contributed by atoms with E-state index in [0.29, 0.717) is 0 Å². The van der Waals surface area contributed by atoms with Crippen molar-refractivity contribution in [3.8, 4) is 0 Å². The van der Waals surface area contributed by atoms with Crippen molar-refractivity contribution in [2.45, 2.75) is 32.6 Å². The fourth-order valence-corrected chi connectivity index (χ4v) is 2.71. The maximum atomic E-state index is 3.35. The van der Waals surface area contributed by atoms with Gasteiger partial charge in [0.25, 0.3) is 0 Å². The van der Waals surface area contributed by atoms with E-state index in [2.05, 4.69) is 17.1 Å². The van der Waals surface area contributed by atoms with Crippen molar-refractivity contribution in [1.82, 2.24) is 10.2 Å². The minimum Gasteiger partial charge on any atom is -0.316 e. The van der Waals surface area contributed by atoms with E-state index in [1.807, 2.05) is 0 Å². The Kier molecular flexibility index (Phi) is 3.82. The molecule has 2 saturated heterocycles. The van der Waals surface area contributed by atoms with E-state index in [1.54, 1.807) is 0 Å². The molecule has 0 aromatic heterocycles. The lowest BCUT2D eigenvalue weighted by atomic mass is 9.91. The van der Waals surface area contributed by atoms with Gasteiger partial charge in [-0.05, 0) is 37.8 Å². The lowest BCUT2D eigenvalue weighted by molar-refractivity contribution is 0.137. The molecule has 2 nitrogen and oxygen atoms in total. The van der Waals surface area contributed by atoms with Crippen LogP contribution in [-0.4, -0.2) is 37.6 Å². The fourth-order valence-electron chi connectivity index (χ4n) is 2.71. The predicted molar refractivity (Wildman–Crippen MR) is 60.4 cm³/mol. The second-order valence-electron chi connectivity index (χ2n) is 5.06. The second-order valence-corrected chi connectivity index (χ2v) is 5.06. The SMILES string of the molecule is CCCC1CCN(CC2CNC2)CC1. The quantitative estimate of drug-likeness (QED) is 0.736. The molecule has 0 aromatic carbocycles. The maximum absolute atomic E-state index is 3.35. The monoisotopic (exact) mass is 196 g/mol. The number of likely N-dealkylation sites (tertiary alicyclic amines) is 1. The van der Waals surface area contributed by atoms with Crippen LogP contribution in [-0.2, 0) is 0 Å². The van der Waals surface area contributed by atoms with E-state index in [-0.39, 0.29) is 0 Å². The highest BCUT2D eigenvalue weighted by Crippen LogP contribution is 2.22. The molecule has 0 spiro atoms. The van der Waals surface area contributed by atoms with Crippen LogP contribution < -0.4 is 5.32 Å². The minimum absolute atomic E-state index is 0.956. The van der Waals surface area contributed by atoms with Crippen LogP contribution in [0, 0.1) is 11.8 Å². The first-order valence-corrected chi connectivity index (χ1v) is 6.31. The van der Waals surface area contributed by atoms with Crippen LogP contribution >= 0.6 is 0 Å². The highest BCUT2D eigenvalue weighted by atomic mass is 15.1. The Labute approximate surface area is 88.1 Å². The van der Waals surface area contributed by atoms with E-state index in [4.69, 9.17) is 0 Å². The maximum Gasteiger partial charge on any atom is 0.00340 e. The summed E-state index contributed by atoms with van der Waals surface area (Å²) in [6, 6.07) is 0. The predicted octanol–water partition coefficient (Wildman–Crippen LogP) is 1.72. The average molecular weight is 196 g/mol. The first-order valence-electron chi connectivity index (χ1n) is 6.31. The van der Waals surface area contributed by atoms with Gasteiger partial charge in [0.1, 0.15) is 0 Å². The molecular weight excluding hydrogens is 172 g/mol. The molecule has 2 aliphatic rings. The summed E-state index contributed by atoms with van der Waals surface area (Å²) in [4.78, 5) is 2.68. The van der Waals surface area contributed by atoms with E-state index in [0.717, 1.165) is 11.8 Å². The molecule has 2 aliphatic heterocycles. The molecule has 0 saturated carbocycles. The van der Waals surface area contributed by atoms with Crippen LogP contribution in [0.5, 0.6) is 0 Å². The van der Waals surface area contributed by atoms with Crippen molar-refractivity contribution in [1.29, 1.82) is 0 Å². The number of hydrogen-bond acceptors (Lipinski definition) is 2. The van der Waals surface area contributed by atoms with Gasteiger partial charge in [-0.2, -0.15) is 0 Å². The molecule has 2 heteroatoms. The zero-order valence-corrected chi connectivity index (χ0v) is 9.47. The summed E-state index contributed by atoms with van der Waals surface area (Å²) in [5, 5.41) is 3.35. The summed E-state index contributed by atoms with van der Waals surface area (Å²) in [7, 11) is 0. The molecule has 0 bridgehead atoms. The van der Waals surface area contributed by atoms with E-state index in [9.17, 15) is 0 Å². The average Bonchev–Trinajstić information content (AvgIpc) is 2.14. The topological polar surface area (TPSA) is 15.3 Å². The second kappa shape index (κ2) is 5.13. The van der Waals surface area contributed by atoms with Crippen molar-refractivity contribution < 1.29 is 0 Å². The van der Waals surface area contributed by atoms with E-state index in [1.165, 1.54) is 58.4 Å². The standard InChI is InChI=1S/C12H24N2/c1-2-3-11-4-6-14(7-5-11)10-12-8-13-9-12/h11-13H,2-10H2,1H3. The first kappa shape index (κ1) is 10.4. The Morgan fingerprint density at radius 2 is 1.86 bits per heavy atom. The molecule has 2 fully saturated rings. The number of nitrogens with one attached hydrogen (secondary N) is 1. The van der Waals surface area contributed by atoms with Gasteiger partial charge in [-0.15, -0.1) is 0 Å². The minimum atomic E-state index is 0.956. The van der Waals surface area contributed by atoms with Gasteiger partial charge in [0.05, 0.1) is 0 Å². The van der Waals surface area contributed by atoms with Crippen LogP contribution in [0.2, 0.25) is 0 Å². The molecule has 0 aliphatic carbocycles. The Morgan fingerprint density at radius 3 is 2.36 bits per heavy atom.